The van der Waals surface area contributed by atoms with E-state index in [9.17, 15) is 0 Å². The van der Waals surface area contributed by atoms with Crippen molar-refractivity contribution in [1.29, 1.82) is 0 Å². The molecular formula is C64H70O11. The predicted octanol–water partition coefficient (Wildman–Crippen LogP) is 11.7. The minimum Gasteiger partial charge on any atom is -0.374 e. The van der Waals surface area contributed by atoms with E-state index in [1.165, 1.54) is 0 Å². The fourth-order valence-corrected chi connectivity index (χ4v) is 9.50. The van der Waals surface area contributed by atoms with Gasteiger partial charge < -0.3 is 52.1 Å². The molecule has 392 valence electrons. The average Bonchev–Trinajstić information content (AvgIpc) is 3.45. The molecule has 9 rings (SSSR count). The van der Waals surface area contributed by atoms with E-state index in [1.54, 1.807) is 6.08 Å². The fourth-order valence-electron chi connectivity index (χ4n) is 9.50. The van der Waals surface area contributed by atoms with Crippen molar-refractivity contribution in [2.45, 2.75) is 121 Å². The van der Waals surface area contributed by atoms with Crippen LogP contribution in [0.5, 0.6) is 0 Å². The molecule has 0 spiro atoms. The molecule has 2 saturated heterocycles. The summed E-state index contributed by atoms with van der Waals surface area (Å²) in [6.07, 6.45) is -6.72. The maximum Gasteiger partial charge on any atom is 0.187 e. The first-order valence-electron chi connectivity index (χ1n) is 26.1. The maximum atomic E-state index is 7.49. The van der Waals surface area contributed by atoms with Crippen molar-refractivity contribution in [3.8, 4) is 0 Å². The van der Waals surface area contributed by atoms with Gasteiger partial charge in [0.25, 0.3) is 0 Å². The van der Waals surface area contributed by atoms with Crippen molar-refractivity contribution in [1.82, 2.24) is 0 Å². The summed E-state index contributed by atoms with van der Waals surface area (Å²) in [4.78, 5) is 0. The second kappa shape index (κ2) is 28.3. The van der Waals surface area contributed by atoms with Gasteiger partial charge >= 0.3 is 0 Å². The first-order valence-corrected chi connectivity index (χ1v) is 26.1. The summed E-state index contributed by atoms with van der Waals surface area (Å²) < 4.78 is 76.4. The third-order valence-electron chi connectivity index (χ3n) is 13.2. The fraction of sp³-hybridized carbons (Fsp3) is 0.344. The van der Waals surface area contributed by atoms with Gasteiger partial charge in [-0.3, -0.25) is 0 Å². The molecule has 10 atom stereocenters. The Morgan fingerprint density at radius 1 is 0.400 bits per heavy atom. The van der Waals surface area contributed by atoms with Crippen LogP contribution in [0.3, 0.4) is 0 Å². The molecule has 11 nitrogen and oxygen atoms in total. The smallest absolute Gasteiger partial charge is 0.187 e. The van der Waals surface area contributed by atoms with Crippen molar-refractivity contribution < 1.29 is 52.1 Å². The summed E-state index contributed by atoms with van der Waals surface area (Å²) in [6, 6.07) is 64.9. The molecule has 0 amide bonds. The third-order valence-corrected chi connectivity index (χ3v) is 13.2. The Hall–Kier alpha value is -5.90. The average molecular weight is 1020 g/mol. The van der Waals surface area contributed by atoms with Gasteiger partial charge in [-0.15, -0.1) is 6.58 Å². The third kappa shape index (κ3) is 15.6. The van der Waals surface area contributed by atoms with Crippen LogP contribution in [-0.4, -0.2) is 87.3 Å². The van der Waals surface area contributed by atoms with Gasteiger partial charge in [-0.05, 0) is 64.1 Å². The minimum absolute atomic E-state index is 0.119. The zero-order valence-corrected chi connectivity index (χ0v) is 43.0. The lowest BCUT2D eigenvalue weighted by Gasteiger charge is -2.50. The molecule has 2 fully saturated rings. The van der Waals surface area contributed by atoms with Gasteiger partial charge in [0, 0.05) is 0 Å². The second-order valence-corrected chi connectivity index (χ2v) is 19.2. The van der Waals surface area contributed by atoms with Crippen LogP contribution in [-0.2, 0) is 91.7 Å². The van der Waals surface area contributed by atoms with Crippen molar-refractivity contribution in [2.24, 2.45) is 0 Å². The van der Waals surface area contributed by atoms with Gasteiger partial charge in [-0.2, -0.15) is 0 Å². The van der Waals surface area contributed by atoms with E-state index in [-0.39, 0.29) is 52.4 Å². The molecule has 11 heteroatoms. The van der Waals surface area contributed by atoms with Gasteiger partial charge in [0.15, 0.2) is 12.6 Å². The molecule has 0 bridgehead atoms. The van der Waals surface area contributed by atoms with Gasteiger partial charge in [0.1, 0.15) is 48.8 Å². The second-order valence-electron chi connectivity index (χ2n) is 19.2. The molecule has 0 N–H and O–H groups in total. The Morgan fingerprint density at radius 2 is 0.800 bits per heavy atom. The summed E-state index contributed by atoms with van der Waals surface area (Å²) in [5.41, 5.74) is 5.97. The van der Waals surface area contributed by atoms with Crippen LogP contribution in [0, 0.1) is 0 Å². The Bertz CT molecular complexity index is 2710. The molecule has 0 unspecified atom stereocenters. The molecule has 7 aromatic carbocycles. The van der Waals surface area contributed by atoms with E-state index in [2.05, 4.69) is 36.9 Å². The Labute approximate surface area is 442 Å². The van der Waals surface area contributed by atoms with E-state index >= 15 is 0 Å². The van der Waals surface area contributed by atoms with Crippen molar-refractivity contribution in [3.63, 3.8) is 0 Å². The van der Waals surface area contributed by atoms with Crippen LogP contribution in [0.4, 0.5) is 0 Å². The van der Waals surface area contributed by atoms with Gasteiger partial charge in [0.05, 0.1) is 65.6 Å². The standard InChI is InChI=1S/C64H70O11/c1-4-36-67-61-59(69-40-49-26-14-7-15-27-49)57(68-43-52-34-35-53-32-20-21-33-54(53)37-52)55(44-65-38-47-22-10-5-11-23-47)73-64(61)75-58-56(45-66-39-48-24-12-6-13-25-48)74-63(72-46(2)3)62(71-42-51-30-18-9-19-31-51)60(58)70-41-50-28-16-8-17-29-50/h4-35,37,46,55-64H,1,36,38-45H2,2-3H3/t55-,56-,57+,58-,59+,60+,61-,62-,63+,64+/m1/s1. The molecule has 75 heavy (non-hydrogen) atoms. The van der Waals surface area contributed by atoms with Crippen LogP contribution in [0.1, 0.15) is 47.2 Å². The molecule has 0 aromatic heterocycles. The normalized spacial score (nSPS) is 23.8. The molecule has 7 aromatic rings. The summed E-state index contributed by atoms with van der Waals surface area (Å²) in [5, 5.41) is 2.26. The van der Waals surface area contributed by atoms with Crippen LogP contribution in [0.2, 0.25) is 0 Å². The zero-order valence-electron chi connectivity index (χ0n) is 43.0. The number of benzene rings is 7. The molecule has 0 aliphatic carbocycles. The Kier molecular flexibility index (Phi) is 20.3. The number of hydrogen-bond acceptors (Lipinski definition) is 11. The lowest BCUT2D eigenvalue weighted by Crippen LogP contribution is -2.66. The topological polar surface area (TPSA) is 102 Å². The van der Waals surface area contributed by atoms with Crippen LogP contribution >= 0.6 is 0 Å². The molecule has 0 radical (unpaired) electrons. The molecule has 0 saturated carbocycles. The molecule has 2 aliphatic rings. The molecular weight excluding hydrogens is 945 g/mol. The lowest BCUT2D eigenvalue weighted by atomic mass is 9.95. The van der Waals surface area contributed by atoms with Crippen molar-refractivity contribution in [3.05, 3.63) is 240 Å². The number of fused-ring (bicyclic) bond motifs is 1. The monoisotopic (exact) mass is 1010 g/mol. The summed E-state index contributed by atoms with van der Waals surface area (Å²) in [6.45, 7) is 10.1. The van der Waals surface area contributed by atoms with E-state index in [1.807, 2.05) is 178 Å². The highest BCUT2D eigenvalue weighted by atomic mass is 16.8. The number of ether oxygens (including phenoxy) is 11. The van der Waals surface area contributed by atoms with Gasteiger partial charge in [-0.1, -0.05) is 194 Å². The first kappa shape index (κ1) is 53.9. The van der Waals surface area contributed by atoms with Gasteiger partial charge in [-0.25, -0.2) is 0 Å². The van der Waals surface area contributed by atoms with Crippen LogP contribution < -0.4 is 0 Å². The highest BCUT2D eigenvalue weighted by Gasteiger charge is 2.55. The number of hydrogen-bond donors (Lipinski definition) is 0. The SMILES string of the molecule is C=CCO[C@H]1[C@H](O[C@H]2[C@H](OCc3ccccc3)[C@@H](OCc3ccccc3)[C@@H](OC(C)C)O[C@@H]2COCc2ccccc2)O[C@H](COCc2ccccc2)[C@H](OCc2ccc3ccccc3c2)[C@@H]1OCc1ccccc1. The molecule has 2 aliphatic heterocycles. The quantitative estimate of drug-likeness (QED) is 0.0460. The van der Waals surface area contributed by atoms with Crippen LogP contribution in [0.25, 0.3) is 10.8 Å². The first-order chi connectivity index (χ1) is 37.0. The van der Waals surface area contributed by atoms with Crippen molar-refractivity contribution in [2.75, 3.05) is 19.8 Å². The highest BCUT2D eigenvalue weighted by molar-refractivity contribution is 5.82. The highest BCUT2D eigenvalue weighted by Crippen LogP contribution is 2.37. The lowest BCUT2D eigenvalue weighted by molar-refractivity contribution is -0.378. The maximum absolute atomic E-state index is 7.49. The van der Waals surface area contributed by atoms with Crippen molar-refractivity contribution >= 4 is 10.8 Å². The Balaban J connectivity index is 1.10. The van der Waals surface area contributed by atoms with E-state index < -0.39 is 61.4 Å². The van der Waals surface area contributed by atoms with Gasteiger partial charge in [0.2, 0.25) is 0 Å². The largest absolute Gasteiger partial charge is 0.374 e. The minimum atomic E-state index is -1.10. The van der Waals surface area contributed by atoms with E-state index in [0.29, 0.717) is 13.2 Å². The number of rotatable bonds is 27. The zero-order chi connectivity index (χ0) is 51.4. The Morgan fingerprint density at radius 3 is 1.31 bits per heavy atom. The van der Waals surface area contributed by atoms with Crippen LogP contribution in [0.15, 0.2) is 207 Å². The summed E-state index contributed by atoms with van der Waals surface area (Å²) in [5.74, 6) is 0. The molecule has 2 heterocycles. The predicted molar refractivity (Wildman–Crippen MR) is 288 cm³/mol. The summed E-state index contributed by atoms with van der Waals surface area (Å²) in [7, 11) is 0. The summed E-state index contributed by atoms with van der Waals surface area (Å²) >= 11 is 0. The van der Waals surface area contributed by atoms with E-state index in [0.717, 1.165) is 44.2 Å². The van der Waals surface area contributed by atoms with E-state index in [4.69, 9.17) is 52.1 Å².